The molecule has 1 rings (SSSR count). The molecule has 12 heavy (non-hydrogen) atoms. The zero-order chi connectivity index (χ0) is 9.30. The Bertz CT molecular complexity index is 188. The van der Waals surface area contributed by atoms with Crippen LogP contribution in [0.15, 0.2) is 0 Å². The van der Waals surface area contributed by atoms with Gasteiger partial charge in [0.2, 0.25) is 6.04 Å². The van der Waals surface area contributed by atoms with Crippen molar-refractivity contribution in [3.8, 4) is 0 Å². The molecule has 0 aromatic rings. The third kappa shape index (κ3) is 2.00. The van der Waals surface area contributed by atoms with Crippen LogP contribution in [0.1, 0.15) is 13.3 Å². The normalized spacial score (nSPS) is 33.6. The molecule has 0 spiro atoms. The fourth-order valence-electron chi connectivity index (χ4n) is 1.31. The molecule has 70 valence electrons. The second-order valence-electron chi connectivity index (χ2n) is 2.88. The number of rotatable bonds is 2. The predicted octanol–water partition coefficient (Wildman–Crippen LogP) is 1.49. The van der Waals surface area contributed by atoms with Crippen LogP contribution in [0.5, 0.6) is 0 Å². The van der Waals surface area contributed by atoms with Crippen molar-refractivity contribution in [3.63, 3.8) is 0 Å². The van der Waals surface area contributed by atoms with Gasteiger partial charge in [-0.3, -0.25) is 15.0 Å². The lowest BCUT2D eigenvalue weighted by Crippen LogP contribution is -2.32. The lowest BCUT2D eigenvalue weighted by Gasteiger charge is -2.20. The maximum atomic E-state index is 10.4. The fraction of sp³-hybridized carbons (Fsp3) is 1.00. The van der Waals surface area contributed by atoms with Crippen molar-refractivity contribution >= 4 is 23.2 Å². The second kappa shape index (κ2) is 3.77. The molecule has 0 aliphatic carbocycles. The Morgan fingerprint density at radius 2 is 2.33 bits per heavy atom. The Kier molecular flexibility index (Phi) is 3.15. The van der Waals surface area contributed by atoms with Crippen LogP contribution in [0.4, 0.5) is 0 Å². The highest BCUT2D eigenvalue weighted by molar-refractivity contribution is 6.23. The number of alkyl halides is 2. The fourth-order valence-corrected chi connectivity index (χ4v) is 2.04. The van der Waals surface area contributed by atoms with E-state index in [-0.39, 0.29) is 15.9 Å². The van der Waals surface area contributed by atoms with E-state index < -0.39 is 6.04 Å². The number of nitrogens with zero attached hydrogens (tertiary/aromatic N) is 2. The summed E-state index contributed by atoms with van der Waals surface area (Å²) in [5.74, 6) is 0. The Balaban J connectivity index is 2.56. The molecular weight excluding hydrogens is 203 g/mol. The van der Waals surface area contributed by atoms with E-state index in [4.69, 9.17) is 23.2 Å². The van der Waals surface area contributed by atoms with E-state index in [9.17, 15) is 10.1 Å². The van der Waals surface area contributed by atoms with E-state index >= 15 is 0 Å². The van der Waals surface area contributed by atoms with Crippen molar-refractivity contribution in [3.05, 3.63) is 10.1 Å². The van der Waals surface area contributed by atoms with E-state index in [1.165, 1.54) is 0 Å². The highest BCUT2D eigenvalue weighted by Gasteiger charge is 2.39. The van der Waals surface area contributed by atoms with Gasteiger partial charge in [0.1, 0.15) is 0 Å². The molecule has 1 saturated heterocycles. The van der Waals surface area contributed by atoms with Gasteiger partial charge in [-0.25, -0.2) is 0 Å². The van der Waals surface area contributed by atoms with Crippen LogP contribution in [0, 0.1) is 10.1 Å². The predicted molar refractivity (Wildman–Crippen MR) is 47.1 cm³/mol. The molecule has 0 N–H and O–H groups in total. The van der Waals surface area contributed by atoms with Gasteiger partial charge in [0, 0.05) is 11.3 Å². The molecular formula is C6H10Cl2N2O2. The number of hydrogen-bond acceptors (Lipinski definition) is 3. The summed E-state index contributed by atoms with van der Waals surface area (Å²) < 4.78 is 0. The standard InChI is InChI=1S/C6H10Cl2N2O2/c1-4(7)9-3-5(10(11)12)2-6(9)8/h4-6H,2-3H2,1H3. The van der Waals surface area contributed by atoms with E-state index in [2.05, 4.69) is 0 Å². The summed E-state index contributed by atoms with van der Waals surface area (Å²) in [6.45, 7) is 2.12. The van der Waals surface area contributed by atoms with Crippen molar-refractivity contribution < 1.29 is 4.92 Å². The van der Waals surface area contributed by atoms with Gasteiger partial charge in [-0.2, -0.15) is 0 Å². The van der Waals surface area contributed by atoms with Gasteiger partial charge in [-0.15, -0.1) is 23.2 Å². The van der Waals surface area contributed by atoms with Crippen molar-refractivity contribution in [1.82, 2.24) is 4.90 Å². The highest BCUT2D eigenvalue weighted by Crippen LogP contribution is 2.26. The first-order valence-electron chi connectivity index (χ1n) is 3.69. The van der Waals surface area contributed by atoms with Crippen LogP contribution in [0.2, 0.25) is 0 Å². The highest BCUT2D eigenvalue weighted by atomic mass is 35.5. The number of halogens is 2. The van der Waals surface area contributed by atoms with Crippen LogP contribution in [0.3, 0.4) is 0 Å². The number of hydrogen-bond donors (Lipinski definition) is 0. The molecule has 0 aromatic carbocycles. The Morgan fingerprint density at radius 1 is 1.75 bits per heavy atom. The Labute approximate surface area is 80.6 Å². The third-order valence-corrected chi connectivity index (χ3v) is 2.68. The van der Waals surface area contributed by atoms with Crippen molar-refractivity contribution in [2.45, 2.75) is 30.4 Å². The van der Waals surface area contributed by atoms with E-state index in [1.54, 1.807) is 11.8 Å². The zero-order valence-corrected chi connectivity index (χ0v) is 8.12. The van der Waals surface area contributed by atoms with Gasteiger partial charge >= 0.3 is 0 Å². The maximum absolute atomic E-state index is 10.4. The third-order valence-electron chi connectivity index (χ3n) is 2.00. The molecule has 1 heterocycles. The van der Waals surface area contributed by atoms with Crippen LogP contribution in [-0.2, 0) is 0 Å². The molecule has 1 aliphatic rings. The van der Waals surface area contributed by atoms with E-state index in [0.717, 1.165) is 0 Å². The molecule has 0 amide bonds. The molecule has 1 fully saturated rings. The number of nitro groups is 1. The zero-order valence-electron chi connectivity index (χ0n) is 6.61. The minimum Gasteiger partial charge on any atom is -0.264 e. The van der Waals surface area contributed by atoms with Gasteiger partial charge in [-0.05, 0) is 6.92 Å². The summed E-state index contributed by atoms with van der Waals surface area (Å²) in [6, 6.07) is -0.561. The molecule has 6 heteroatoms. The number of likely N-dealkylation sites (tertiary alicyclic amines) is 1. The smallest absolute Gasteiger partial charge is 0.228 e. The topological polar surface area (TPSA) is 46.4 Å². The molecule has 0 bridgehead atoms. The largest absolute Gasteiger partial charge is 0.264 e. The first-order valence-corrected chi connectivity index (χ1v) is 4.57. The summed E-state index contributed by atoms with van der Waals surface area (Å²) in [5, 5.41) is 10.4. The summed E-state index contributed by atoms with van der Waals surface area (Å²) >= 11 is 11.6. The van der Waals surface area contributed by atoms with Gasteiger partial charge in [0.15, 0.2) is 0 Å². The Hall–Kier alpha value is -0.0600. The van der Waals surface area contributed by atoms with Crippen molar-refractivity contribution in [2.24, 2.45) is 0 Å². The minimum atomic E-state index is -0.561. The average Bonchev–Trinajstić information content (AvgIpc) is 2.30. The molecule has 3 atom stereocenters. The molecule has 4 nitrogen and oxygen atoms in total. The Morgan fingerprint density at radius 3 is 2.58 bits per heavy atom. The first kappa shape index (κ1) is 10.0. The SMILES string of the molecule is CC(Cl)N1CC([N+](=O)[O-])CC1Cl. The van der Waals surface area contributed by atoms with Crippen LogP contribution in [0.25, 0.3) is 0 Å². The van der Waals surface area contributed by atoms with Crippen LogP contribution < -0.4 is 0 Å². The summed E-state index contributed by atoms with van der Waals surface area (Å²) in [6.07, 6.45) is 0.381. The first-order chi connectivity index (χ1) is 5.52. The van der Waals surface area contributed by atoms with Crippen LogP contribution in [-0.4, -0.2) is 33.4 Å². The maximum Gasteiger partial charge on any atom is 0.228 e. The molecule has 0 radical (unpaired) electrons. The van der Waals surface area contributed by atoms with Crippen molar-refractivity contribution in [1.29, 1.82) is 0 Å². The van der Waals surface area contributed by atoms with Gasteiger partial charge in [0.05, 0.1) is 17.5 Å². The summed E-state index contributed by atoms with van der Waals surface area (Å²) in [4.78, 5) is 11.8. The van der Waals surface area contributed by atoms with E-state index in [1.807, 2.05) is 0 Å². The second-order valence-corrected chi connectivity index (χ2v) is 4.02. The summed E-state index contributed by atoms with van der Waals surface area (Å²) in [5.41, 5.74) is -0.537. The van der Waals surface area contributed by atoms with Gasteiger partial charge in [-0.1, -0.05) is 0 Å². The molecule has 0 saturated carbocycles. The molecule has 0 aromatic heterocycles. The van der Waals surface area contributed by atoms with E-state index in [0.29, 0.717) is 13.0 Å². The summed E-state index contributed by atoms with van der Waals surface area (Å²) in [7, 11) is 0. The van der Waals surface area contributed by atoms with Gasteiger partial charge in [0.25, 0.3) is 0 Å². The quantitative estimate of drug-likeness (QED) is 0.302. The lowest BCUT2D eigenvalue weighted by atomic mass is 10.3. The minimum absolute atomic E-state index is 0.238. The lowest BCUT2D eigenvalue weighted by molar-refractivity contribution is -0.518. The monoisotopic (exact) mass is 212 g/mol. The van der Waals surface area contributed by atoms with Gasteiger partial charge < -0.3 is 0 Å². The average molecular weight is 213 g/mol. The molecule has 1 aliphatic heterocycles. The van der Waals surface area contributed by atoms with Crippen molar-refractivity contribution in [2.75, 3.05) is 6.54 Å². The molecule has 3 unspecified atom stereocenters. The van der Waals surface area contributed by atoms with Crippen LogP contribution >= 0.6 is 23.2 Å².